The minimum absolute atomic E-state index is 0.378. The predicted octanol–water partition coefficient (Wildman–Crippen LogP) is 1.92. The number of hydrogen-bond donors (Lipinski definition) is 1. The Morgan fingerprint density at radius 1 is 1.67 bits per heavy atom. The maximum Gasteiger partial charge on any atom is 0.345 e. The van der Waals surface area contributed by atoms with E-state index in [4.69, 9.17) is 9.84 Å². The van der Waals surface area contributed by atoms with Crippen LogP contribution in [0.2, 0.25) is 0 Å². The molecule has 0 bridgehead atoms. The molecule has 0 unspecified atom stereocenters. The number of nitrogens with zero attached hydrogens (tertiary/aromatic N) is 1. The molecule has 0 saturated heterocycles. The topological polar surface area (TPSA) is 49.8 Å². The van der Waals surface area contributed by atoms with Gasteiger partial charge in [-0.3, -0.25) is 0 Å². The zero-order valence-corrected chi connectivity index (χ0v) is 9.71. The highest BCUT2D eigenvalue weighted by Crippen LogP contribution is 2.22. The molecule has 0 aliphatic carbocycles. The summed E-state index contributed by atoms with van der Waals surface area (Å²) in [6.07, 6.45) is 0.936. The molecule has 0 spiro atoms. The number of carbonyl (C=O) groups is 1. The molecule has 0 aliphatic heterocycles. The van der Waals surface area contributed by atoms with Gasteiger partial charge in [0.2, 0.25) is 0 Å². The molecule has 15 heavy (non-hydrogen) atoms. The van der Waals surface area contributed by atoms with Gasteiger partial charge in [0.15, 0.2) is 0 Å². The second kappa shape index (κ2) is 5.72. The van der Waals surface area contributed by atoms with Gasteiger partial charge in [0, 0.05) is 38.4 Å². The number of thiophene rings is 1. The van der Waals surface area contributed by atoms with Crippen molar-refractivity contribution in [3.8, 4) is 0 Å². The monoisotopic (exact) mass is 229 g/mol. The molecule has 1 N–H and O–H groups in total. The Labute approximate surface area is 93.1 Å². The van der Waals surface area contributed by atoms with E-state index in [9.17, 15) is 4.79 Å². The molecule has 0 saturated carbocycles. The van der Waals surface area contributed by atoms with E-state index >= 15 is 0 Å². The number of ether oxygens (including phenoxy) is 1. The van der Waals surface area contributed by atoms with Gasteiger partial charge in [0.25, 0.3) is 0 Å². The van der Waals surface area contributed by atoms with E-state index in [1.807, 2.05) is 17.3 Å². The van der Waals surface area contributed by atoms with Crippen LogP contribution in [-0.2, 0) is 4.74 Å². The first kappa shape index (κ1) is 12.0. The number of aromatic carboxylic acids is 1. The summed E-state index contributed by atoms with van der Waals surface area (Å²) >= 11 is 1.25. The first-order chi connectivity index (χ1) is 7.15. The van der Waals surface area contributed by atoms with Crippen LogP contribution in [0.5, 0.6) is 0 Å². The Morgan fingerprint density at radius 3 is 2.93 bits per heavy atom. The van der Waals surface area contributed by atoms with Gasteiger partial charge in [-0.25, -0.2) is 4.79 Å². The second-order valence-corrected chi connectivity index (χ2v) is 4.15. The minimum Gasteiger partial charge on any atom is -0.477 e. The summed E-state index contributed by atoms with van der Waals surface area (Å²) in [5.74, 6) is -0.864. The minimum atomic E-state index is -0.864. The first-order valence-corrected chi connectivity index (χ1v) is 5.55. The Balaban J connectivity index is 2.50. The van der Waals surface area contributed by atoms with Crippen LogP contribution in [0.15, 0.2) is 11.4 Å². The molecule has 4 nitrogen and oxygen atoms in total. The van der Waals surface area contributed by atoms with Gasteiger partial charge in [-0.15, -0.1) is 11.3 Å². The quantitative estimate of drug-likeness (QED) is 0.757. The number of anilines is 1. The Hall–Kier alpha value is -1.07. The summed E-state index contributed by atoms with van der Waals surface area (Å²) in [5.41, 5.74) is 0.952. The number of hydrogen-bond acceptors (Lipinski definition) is 4. The molecule has 0 atom stereocenters. The summed E-state index contributed by atoms with van der Waals surface area (Å²) in [7, 11) is 3.62. The SMILES string of the molecule is COCCCN(C)c1csc(C(=O)O)c1. The summed E-state index contributed by atoms with van der Waals surface area (Å²) in [6, 6.07) is 1.69. The highest BCUT2D eigenvalue weighted by Gasteiger charge is 2.09. The highest BCUT2D eigenvalue weighted by molar-refractivity contribution is 7.12. The van der Waals surface area contributed by atoms with Crippen molar-refractivity contribution in [2.75, 3.05) is 32.2 Å². The summed E-state index contributed by atoms with van der Waals surface area (Å²) in [4.78, 5) is 13.1. The van der Waals surface area contributed by atoms with Crippen LogP contribution >= 0.6 is 11.3 Å². The smallest absolute Gasteiger partial charge is 0.345 e. The molecule has 84 valence electrons. The third-order valence-electron chi connectivity index (χ3n) is 2.08. The van der Waals surface area contributed by atoms with Crippen molar-refractivity contribution in [1.29, 1.82) is 0 Å². The van der Waals surface area contributed by atoms with E-state index in [1.165, 1.54) is 11.3 Å². The van der Waals surface area contributed by atoms with E-state index in [0.717, 1.165) is 25.3 Å². The van der Waals surface area contributed by atoms with Crippen LogP contribution in [0.4, 0.5) is 5.69 Å². The van der Waals surface area contributed by atoms with Gasteiger partial charge in [-0.1, -0.05) is 0 Å². The van der Waals surface area contributed by atoms with Crippen molar-refractivity contribution in [1.82, 2.24) is 0 Å². The van der Waals surface area contributed by atoms with Crippen LogP contribution in [0.1, 0.15) is 16.1 Å². The molecule has 0 amide bonds. The van der Waals surface area contributed by atoms with Crippen molar-refractivity contribution < 1.29 is 14.6 Å². The van der Waals surface area contributed by atoms with E-state index in [-0.39, 0.29) is 0 Å². The highest BCUT2D eigenvalue weighted by atomic mass is 32.1. The lowest BCUT2D eigenvalue weighted by Crippen LogP contribution is -2.18. The Morgan fingerprint density at radius 2 is 2.40 bits per heavy atom. The fourth-order valence-corrected chi connectivity index (χ4v) is 2.00. The lowest BCUT2D eigenvalue weighted by molar-refractivity contribution is 0.0702. The normalized spacial score (nSPS) is 10.3. The van der Waals surface area contributed by atoms with Crippen molar-refractivity contribution in [3.63, 3.8) is 0 Å². The first-order valence-electron chi connectivity index (χ1n) is 4.67. The third kappa shape index (κ3) is 3.53. The van der Waals surface area contributed by atoms with Gasteiger partial charge < -0.3 is 14.7 Å². The van der Waals surface area contributed by atoms with Crippen LogP contribution in [0.3, 0.4) is 0 Å². The van der Waals surface area contributed by atoms with Gasteiger partial charge >= 0.3 is 5.97 Å². The lowest BCUT2D eigenvalue weighted by Gasteiger charge is -2.16. The number of methoxy groups -OCH3 is 1. The molecule has 1 aromatic rings. The molecule has 0 fully saturated rings. The fourth-order valence-electron chi connectivity index (χ4n) is 1.21. The molecule has 1 aromatic heterocycles. The van der Waals surface area contributed by atoms with Gasteiger partial charge in [0.05, 0.1) is 0 Å². The molecule has 0 aliphatic rings. The Bertz CT molecular complexity index is 324. The van der Waals surface area contributed by atoms with E-state index < -0.39 is 5.97 Å². The largest absolute Gasteiger partial charge is 0.477 e. The maximum atomic E-state index is 10.7. The Kier molecular flexibility index (Phi) is 4.58. The van der Waals surface area contributed by atoms with Crippen LogP contribution in [0, 0.1) is 0 Å². The van der Waals surface area contributed by atoms with Crippen LogP contribution in [0.25, 0.3) is 0 Å². The summed E-state index contributed by atoms with van der Waals surface area (Å²) in [6.45, 7) is 1.59. The molecular weight excluding hydrogens is 214 g/mol. The molecule has 1 rings (SSSR count). The van der Waals surface area contributed by atoms with Crippen molar-refractivity contribution >= 4 is 23.0 Å². The zero-order chi connectivity index (χ0) is 11.3. The van der Waals surface area contributed by atoms with Gasteiger partial charge in [-0.2, -0.15) is 0 Å². The average Bonchev–Trinajstić information content (AvgIpc) is 2.66. The third-order valence-corrected chi connectivity index (χ3v) is 2.98. The average molecular weight is 229 g/mol. The number of carboxylic acid groups (broad SMARTS) is 1. The fraction of sp³-hybridized carbons (Fsp3) is 0.500. The molecule has 5 heteroatoms. The summed E-state index contributed by atoms with van der Waals surface area (Å²) in [5, 5.41) is 10.6. The number of carboxylic acids is 1. The molecular formula is C10H15NO3S. The standard InChI is InChI=1S/C10H15NO3S/c1-11(4-3-5-14-2)8-6-9(10(12)13)15-7-8/h6-7H,3-5H2,1-2H3,(H,12,13). The van der Waals surface area contributed by atoms with Crippen molar-refractivity contribution in [2.24, 2.45) is 0 Å². The molecule has 1 heterocycles. The van der Waals surface area contributed by atoms with Crippen molar-refractivity contribution in [3.05, 3.63) is 16.3 Å². The maximum absolute atomic E-state index is 10.7. The van der Waals surface area contributed by atoms with Gasteiger partial charge in [-0.05, 0) is 12.5 Å². The molecule has 0 aromatic carbocycles. The van der Waals surface area contributed by atoms with Crippen molar-refractivity contribution in [2.45, 2.75) is 6.42 Å². The zero-order valence-electron chi connectivity index (χ0n) is 8.90. The summed E-state index contributed by atoms with van der Waals surface area (Å²) < 4.78 is 4.95. The number of rotatable bonds is 6. The van der Waals surface area contributed by atoms with Crippen LogP contribution in [-0.4, -0.2) is 38.4 Å². The van der Waals surface area contributed by atoms with Crippen LogP contribution < -0.4 is 4.90 Å². The lowest BCUT2D eigenvalue weighted by atomic mass is 10.3. The van der Waals surface area contributed by atoms with E-state index in [1.54, 1.807) is 13.2 Å². The molecule has 0 radical (unpaired) electrons. The van der Waals surface area contributed by atoms with E-state index in [0.29, 0.717) is 4.88 Å². The predicted molar refractivity (Wildman–Crippen MR) is 61.0 cm³/mol. The van der Waals surface area contributed by atoms with Gasteiger partial charge in [0.1, 0.15) is 4.88 Å². The second-order valence-electron chi connectivity index (χ2n) is 3.24. The van der Waals surface area contributed by atoms with E-state index in [2.05, 4.69) is 0 Å².